The summed E-state index contributed by atoms with van der Waals surface area (Å²) >= 11 is 0. The number of hydrogen-bond donors (Lipinski definition) is 2. The predicted molar refractivity (Wildman–Crippen MR) is 94.6 cm³/mol. The zero-order valence-corrected chi connectivity index (χ0v) is 13.7. The molecular formula is C20H23NO2. The smallest absolute Gasteiger partial charge is 0.251 e. The van der Waals surface area contributed by atoms with Gasteiger partial charge in [-0.1, -0.05) is 30.4 Å². The van der Waals surface area contributed by atoms with E-state index in [9.17, 15) is 9.90 Å². The molecule has 2 aromatic rings. The van der Waals surface area contributed by atoms with E-state index in [1.54, 1.807) is 0 Å². The summed E-state index contributed by atoms with van der Waals surface area (Å²) in [5.74, 6) is 0.338. The number of benzene rings is 2. The van der Waals surface area contributed by atoms with Crippen LogP contribution in [0.2, 0.25) is 0 Å². The summed E-state index contributed by atoms with van der Waals surface area (Å²) in [7, 11) is 0. The molecular weight excluding hydrogens is 286 g/mol. The lowest BCUT2D eigenvalue weighted by Crippen LogP contribution is -2.24. The maximum absolute atomic E-state index is 11.9. The minimum Gasteiger partial charge on any atom is -0.507 e. The van der Waals surface area contributed by atoms with Crippen LogP contribution >= 0.6 is 0 Å². The molecule has 1 amide bonds. The minimum atomic E-state index is -0.0284. The predicted octanol–water partition coefficient (Wildman–Crippen LogP) is 4.23. The molecule has 0 radical (unpaired) electrons. The maximum Gasteiger partial charge on any atom is 0.251 e. The number of unbranched alkanes of at least 4 members (excludes halogenated alkanes) is 1. The highest BCUT2D eigenvalue weighted by molar-refractivity contribution is 5.94. The maximum atomic E-state index is 11.9. The van der Waals surface area contributed by atoms with Gasteiger partial charge in [-0.25, -0.2) is 0 Å². The van der Waals surface area contributed by atoms with E-state index in [1.807, 2.05) is 56.3 Å². The minimum absolute atomic E-state index is 0.0284. The summed E-state index contributed by atoms with van der Waals surface area (Å²) in [6.07, 6.45) is 5.94. The molecule has 0 aliphatic carbocycles. The molecule has 0 aliphatic rings. The molecule has 0 bridgehead atoms. The monoisotopic (exact) mass is 309 g/mol. The molecule has 2 rings (SSSR count). The van der Waals surface area contributed by atoms with Gasteiger partial charge in [0.15, 0.2) is 0 Å². The first-order chi connectivity index (χ1) is 11.1. The van der Waals surface area contributed by atoms with Crippen LogP contribution in [0, 0.1) is 13.8 Å². The lowest BCUT2D eigenvalue weighted by atomic mass is 10.1. The Morgan fingerprint density at radius 2 is 1.78 bits per heavy atom. The number of hydrogen-bond acceptors (Lipinski definition) is 2. The Morgan fingerprint density at radius 3 is 2.43 bits per heavy atom. The van der Waals surface area contributed by atoms with Gasteiger partial charge in [0.1, 0.15) is 5.75 Å². The molecule has 3 heteroatoms. The van der Waals surface area contributed by atoms with Crippen LogP contribution < -0.4 is 5.32 Å². The van der Waals surface area contributed by atoms with Gasteiger partial charge in [0.25, 0.3) is 5.91 Å². The van der Waals surface area contributed by atoms with Crippen molar-refractivity contribution in [3.63, 3.8) is 0 Å². The Balaban J connectivity index is 1.74. The summed E-state index contributed by atoms with van der Waals surface area (Å²) in [5, 5.41) is 12.7. The van der Waals surface area contributed by atoms with Crippen molar-refractivity contribution >= 4 is 12.0 Å². The number of carbonyl (C=O) groups is 1. The quantitative estimate of drug-likeness (QED) is 0.784. The van der Waals surface area contributed by atoms with E-state index in [-0.39, 0.29) is 5.91 Å². The second kappa shape index (κ2) is 8.18. The normalized spacial score (nSPS) is 10.9. The Bertz CT molecular complexity index is 667. The SMILES string of the molecule is Cc1cc(C=CCCCNC(=O)c2ccccc2)cc(C)c1O. The number of phenols is 1. The zero-order valence-electron chi connectivity index (χ0n) is 13.7. The van der Waals surface area contributed by atoms with E-state index in [4.69, 9.17) is 0 Å². The van der Waals surface area contributed by atoms with Gasteiger partial charge in [0.05, 0.1) is 0 Å². The average molecular weight is 309 g/mol. The van der Waals surface area contributed by atoms with Crippen LogP contribution in [0.5, 0.6) is 5.75 Å². The summed E-state index contributed by atoms with van der Waals surface area (Å²) in [6, 6.07) is 13.2. The molecule has 0 heterocycles. The largest absolute Gasteiger partial charge is 0.507 e. The van der Waals surface area contributed by atoms with Gasteiger partial charge >= 0.3 is 0 Å². The van der Waals surface area contributed by atoms with Gasteiger partial charge in [-0.15, -0.1) is 0 Å². The number of nitrogens with one attached hydrogen (secondary N) is 1. The van der Waals surface area contributed by atoms with Crippen molar-refractivity contribution in [3.8, 4) is 5.75 Å². The number of carbonyl (C=O) groups excluding carboxylic acids is 1. The summed E-state index contributed by atoms with van der Waals surface area (Å²) in [5.41, 5.74) is 3.56. The van der Waals surface area contributed by atoms with Crippen molar-refractivity contribution < 1.29 is 9.90 Å². The average Bonchev–Trinajstić information content (AvgIpc) is 2.56. The first-order valence-electron chi connectivity index (χ1n) is 7.88. The lowest BCUT2D eigenvalue weighted by Gasteiger charge is -2.05. The summed E-state index contributed by atoms with van der Waals surface area (Å²) in [6.45, 7) is 4.46. The van der Waals surface area contributed by atoms with E-state index >= 15 is 0 Å². The van der Waals surface area contributed by atoms with E-state index in [0.29, 0.717) is 17.9 Å². The van der Waals surface area contributed by atoms with Gasteiger partial charge in [-0.3, -0.25) is 4.79 Å². The van der Waals surface area contributed by atoms with Gasteiger partial charge < -0.3 is 10.4 Å². The van der Waals surface area contributed by atoms with Crippen molar-refractivity contribution in [2.24, 2.45) is 0 Å². The fourth-order valence-corrected chi connectivity index (χ4v) is 2.42. The van der Waals surface area contributed by atoms with Crippen molar-refractivity contribution in [2.45, 2.75) is 26.7 Å². The molecule has 120 valence electrons. The van der Waals surface area contributed by atoms with E-state index in [2.05, 4.69) is 17.5 Å². The third-order valence-electron chi connectivity index (χ3n) is 3.69. The van der Waals surface area contributed by atoms with Gasteiger partial charge in [0.2, 0.25) is 0 Å². The fourth-order valence-electron chi connectivity index (χ4n) is 2.42. The van der Waals surface area contributed by atoms with Crippen LogP contribution in [0.1, 0.15) is 39.9 Å². The molecule has 2 N–H and O–H groups in total. The third-order valence-corrected chi connectivity index (χ3v) is 3.69. The Hall–Kier alpha value is -2.55. The first kappa shape index (κ1) is 16.8. The molecule has 3 nitrogen and oxygen atoms in total. The second-order valence-electron chi connectivity index (χ2n) is 5.67. The highest BCUT2D eigenvalue weighted by Crippen LogP contribution is 2.23. The van der Waals surface area contributed by atoms with E-state index < -0.39 is 0 Å². The molecule has 0 aliphatic heterocycles. The second-order valence-corrected chi connectivity index (χ2v) is 5.67. The number of amides is 1. The molecule has 0 spiro atoms. The Labute approximate surface area is 137 Å². The Kier molecular flexibility index (Phi) is 5.98. The summed E-state index contributed by atoms with van der Waals surface area (Å²) < 4.78 is 0. The van der Waals surface area contributed by atoms with Crippen molar-refractivity contribution in [2.75, 3.05) is 6.54 Å². The van der Waals surface area contributed by atoms with Crippen LogP contribution in [-0.2, 0) is 0 Å². The molecule has 0 unspecified atom stereocenters. The van der Waals surface area contributed by atoms with Gasteiger partial charge in [-0.05, 0) is 67.6 Å². The number of phenolic OH excluding ortho intramolecular Hbond substituents is 1. The first-order valence-corrected chi connectivity index (χ1v) is 7.88. The van der Waals surface area contributed by atoms with E-state index in [0.717, 1.165) is 29.5 Å². The van der Waals surface area contributed by atoms with Crippen LogP contribution in [0.25, 0.3) is 6.08 Å². The molecule has 23 heavy (non-hydrogen) atoms. The third kappa shape index (κ3) is 4.99. The van der Waals surface area contributed by atoms with Crippen molar-refractivity contribution in [3.05, 3.63) is 70.8 Å². The lowest BCUT2D eigenvalue weighted by molar-refractivity contribution is 0.0953. The van der Waals surface area contributed by atoms with Crippen molar-refractivity contribution in [1.82, 2.24) is 5.32 Å². The molecule has 2 aromatic carbocycles. The van der Waals surface area contributed by atoms with Crippen LogP contribution in [0.4, 0.5) is 0 Å². The molecule has 0 saturated heterocycles. The molecule has 0 atom stereocenters. The Morgan fingerprint density at radius 1 is 1.13 bits per heavy atom. The topological polar surface area (TPSA) is 49.3 Å². The van der Waals surface area contributed by atoms with Crippen molar-refractivity contribution in [1.29, 1.82) is 0 Å². The number of rotatable bonds is 6. The van der Waals surface area contributed by atoms with Crippen LogP contribution in [-0.4, -0.2) is 17.6 Å². The summed E-state index contributed by atoms with van der Waals surface area (Å²) in [4.78, 5) is 11.9. The zero-order chi connectivity index (χ0) is 16.7. The molecule has 0 fully saturated rings. The van der Waals surface area contributed by atoms with Gasteiger partial charge in [0, 0.05) is 12.1 Å². The van der Waals surface area contributed by atoms with E-state index in [1.165, 1.54) is 0 Å². The highest BCUT2D eigenvalue weighted by Gasteiger charge is 2.02. The van der Waals surface area contributed by atoms with Crippen LogP contribution in [0.3, 0.4) is 0 Å². The fraction of sp³-hybridized carbons (Fsp3) is 0.250. The standard InChI is InChI=1S/C20H23NO2/c1-15-13-17(14-16(2)19(15)22)9-5-4-8-12-21-20(23)18-10-6-3-7-11-18/h3,5-7,9-11,13-14,22H,4,8,12H2,1-2H3,(H,21,23). The number of aromatic hydroxyl groups is 1. The number of allylic oxidation sites excluding steroid dienone is 1. The molecule has 0 saturated carbocycles. The number of aryl methyl sites for hydroxylation is 2. The highest BCUT2D eigenvalue weighted by atomic mass is 16.3. The molecule has 0 aromatic heterocycles. The van der Waals surface area contributed by atoms with Gasteiger partial charge in [-0.2, -0.15) is 0 Å². The van der Waals surface area contributed by atoms with Crippen LogP contribution in [0.15, 0.2) is 48.5 Å².